The van der Waals surface area contributed by atoms with Crippen LogP contribution in [0.2, 0.25) is 0 Å². The second-order valence-corrected chi connectivity index (χ2v) is 3.78. The molecule has 2 aliphatic rings. The van der Waals surface area contributed by atoms with Gasteiger partial charge in [0.2, 0.25) is 6.08 Å². The maximum Gasteiger partial charge on any atom is 0.235 e. The van der Waals surface area contributed by atoms with E-state index >= 15 is 0 Å². The van der Waals surface area contributed by atoms with Gasteiger partial charge in [-0.2, -0.15) is 4.99 Å². The zero-order chi connectivity index (χ0) is 8.60. The Labute approximate surface area is 71.8 Å². The van der Waals surface area contributed by atoms with Crippen LogP contribution in [0.15, 0.2) is 4.99 Å². The van der Waals surface area contributed by atoms with Crippen LogP contribution in [-0.2, 0) is 9.53 Å². The number of hydrogen-bond acceptors (Lipinski definition) is 3. The smallest absolute Gasteiger partial charge is 0.235 e. The van der Waals surface area contributed by atoms with Crippen LogP contribution >= 0.6 is 0 Å². The van der Waals surface area contributed by atoms with Gasteiger partial charge >= 0.3 is 0 Å². The van der Waals surface area contributed by atoms with Crippen molar-refractivity contribution in [2.24, 2.45) is 10.9 Å². The molecule has 1 heterocycles. The zero-order valence-corrected chi connectivity index (χ0v) is 7.25. The fourth-order valence-electron chi connectivity index (χ4n) is 2.22. The maximum atomic E-state index is 10.2. The van der Waals surface area contributed by atoms with Gasteiger partial charge in [-0.25, -0.2) is 4.79 Å². The Morgan fingerprint density at radius 2 is 2.33 bits per heavy atom. The van der Waals surface area contributed by atoms with Crippen molar-refractivity contribution < 1.29 is 9.53 Å². The number of isocyanates is 1. The van der Waals surface area contributed by atoms with E-state index in [0.717, 1.165) is 25.9 Å². The summed E-state index contributed by atoms with van der Waals surface area (Å²) in [7, 11) is 0. The summed E-state index contributed by atoms with van der Waals surface area (Å²) in [5.41, 5.74) is -0.0718. The van der Waals surface area contributed by atoms with Crippen molar-refractivity contribution in [2.45, 2.75) is 37.8 Å². The highest BCUT2D eigenvalue weighted by atomic mass is 16.5. The molecule has 2 unspecified atom stereocenters. The van der Waals surface area contributed by atoms with E-state index in [9.17, 15) is 4.79 Å². The Bertz CT molecular complexity index is 229. The van der Waals surface area contributed by atoms with Crippen LogP contribution in [0.5, 0.6) is 0 Å². The summed E-state index contributed by atoms with van der Waals surface area (Å²) in [4.78, 5) is 14.1. The van der Waals surface area contributed by atoms with Gasteiger partial charge in [-0.1, -0.05) is 0 Å². The first kappa shape index (κ1) is 7.96. The second-order valence-electron chi connectivity index (χ2n) is 3.78. The molecule has 0 bridgehead atoms. The lowest BCUT2D eigenvalue weighted by molar-refractivity contribution is 0.0973. The van der Waals surface area contributed by atoms with Gasteiger partial charge in [-0.3, -0.25) is 0 Å². The monoisotopic (exact) mass is 167 g/mol. The van der Waals surface area contributed by atoms with Crippen LogP contribution in [0.3, 0.4) is 0 Å². The molecule has 1 aliphatic carbocycles. The molecule has 2 fully saturated rings. The summed E-state index contributed by atoms with van der Waals surface area (Å²) in [5, 5.41) is 0. The lowest BCUT2D eigenvalue weighted by Gasteiger charge is -2.19. The largest absolute Gasteiger partial charge is 0.378 e. The summed E-state index contributed by atoms with van der Waals surface area (Å²) in [6, 6.07) is 0. The highest BCUT2D eigenvalue weighted by molar-refractivity contribution is 5.37. The molecule has 0 aromatic heterocycles. The van der Waals surface area contributed by atoms with Gasteiger partial charge in [0.15, 0.2) is 0 Å². The number of ether oxygens (including phenoxy) is 1. The predicted molar refractivity (Wildman–Crippen MR) is 43.6 cm³/mol. The van der Waals surface area contributed by atoms with Crippen LogP contribution in [0.4, 0.5) is 0 Å². The van der Waals surface area contributed by atoms with E-state index in [4.69, 9.17) is 4.74 Å². The van der Waals surface area contributed by atoms with Crippen molar-refractivity contribution in [1.29, 1.82) is 0 Å². The van der Waals surface area contributed by atoms with Crippen LogP contribution in [0.25, 0.3) is 0 Å². The summed E-state index contributed by atoms with van der Waals surface area (Å²) in [5.74, 6) is 0.457. The summed E-state index contributed by atoms with van der Waals surface area (Å²) >= 11 is 0. The Morgan fingerprint density at radius 3 is 2.75 bits per heavy atom. The molecule has 12 heavy (non-hydrogen) atoms. The molecule has 1 saturated heterocycles. The minimum Gasteiger partial charge on any atom is -0.378 e. The third-order valence-corrected chi connectivity index (χ3v) is 3.10. The molecule has 0 spiro atoms. The van der Waals surface area contributed by atoms with Crippen molar-refractivity contribution in [1.82, 2.24) is 0 Å². The van der Waals surface area contributed by atoms with Crippen LogP contribution in [-0.4, -0.2) is 24.3 Å². The van der Waals surface area contributed by atoms with Gasteiger partial charge < -0.3 is 4.74 Å². The summed E-state index contributed by atoms with van der Waals surface area (Å²) < 4.78 is 5.45. The zero-order valence-electron chi connectivity index (χ0n) is 7.25. The molecule has 3 heteroatoms. The number of rotatable bonds is 2. The molecule has 0 amide bonds. The van der Waals surface area contributed by atoms with E-state index in [1.807, 2.05) is 0 Å². The fraction of sp³-hybridized carbons (Fsp3) is 0.889. The van der Waals surface area contributed by atoms with Crippen molar-refractivity contribution >= 4 is 6.08 Å². The third-order valence-electron chi connectivity index (χ3n) is 3.10. The minimum atomic E-state index is -0.0718. The molecule has 0 N–H and O–H groups in total. The van der Waals surface area contributed by atoms with Crippen molar-refractivity contribution in [3.8, 4) is 0 Å². The molecular weight excluding hydrogens is 154 g/mol. The lowest BCUT2D eigenvalue weighted by atomic mass is 9.92. The van der Waals surface area contributed by atoms with E-state index in [2.05, 4.69) is 11.9 Å². The average Bonchev–Trinajstić information content (AvgIpc) is 2.68. The Balaban J connectivity index is 2.12. The predicted octanol–water partition coefficient (Wildman–Crippen LogP) is 1.28. The second kappa shape index (κ2) is 2.68. The Hall–Kier alpha value is -0.660. The minimum absolute atomic E-state index is 0.0718. The standard InChI is InChI=1S/C9H13NO2/c1-7-8(2-5-12-7)9(3-4-9)10-6-11/h7-8H,2-5H2,1H3. The molecule has 0 radical (unpaired) electrons. The number of nitrogens with zero attached hydrogens (tertiary/aromatic N) is 1. The van der Waals surface area contributed by atoms with Gasteiger partial charge in [-0.15, -0.1) is 0 Å². The quantitative estimate of drug-likeness (QED) is 0.459. The number of hydrogen-bond donors (Lipinski definition) is 0. The first-order valence-electron chi connectivity index (χ1n) is 4.49. The number of aliphatic imine (C=N–C) groups is 1. The maximum absolute atomic E-state index is 10.2. The highest BCUT2D eigenvalue weighted by Crippen LogP contribution is 2.50. The van der Waals surface area contributed by atoms with Crippen molar-refractivity contribution in [2.75, 3.05) is 6.61 Å². The normalized spacial score (nSPS) is 37.4. The summed E-state index contributed by atoms with van der Waals surface area (Å²) in [6.07, 6.45) is 5.09. The molecular formula is C9H13NO2. The Morgan fingerprint density at radius 1 is 1.58 bits per heavy atom. The molecule has 2 rings (SSSR count). The molecule has 0 aromatic carbocycles. The van der Waals surface area contributed by atoms with Gasteiger partial charge in [0.1, 0.15) is 0 Å². The lowest BCUT2D eigenvalue weighted by Crippen LogP contribution is -2.26. The molecule has 0 aromatic rings. The molecule has 2 atom stereocenters. The SMILES string of the molecule is CC1OCCC1C1(N=C=O)CC1. The van der Waals surface area contributed by atoms with E-state index in [1.54, 1.807) is 6.08 Å². The third kappa shape index (κ3) is 1.10. The van der Waals surface area contributed by atoms with Crippen LogP contribution in [0.1, 0.15) is 26.2 Å². The summed E-state index contributed by atoms with van der Waals surface area (Å²) in [6.45, 7) is 2.89. The molecule has 66 valence electrons. The average molecular weight is 167 g/mol. The topological polar surface area (TPSA) is 38.7 Å². The molecule has 1 saturated carbocycles. The molecule has 3 nitrogen and oxygen atoms in total. The number of carbonyl (C=O) groups excluding carboxylic acids is 1. The first-order valence-corrected chi connectivity index (χ1v) is 4.49. The van der Waals surface area contributed by atoms with E-state index < -0.39 is 0 Å². The highest BCUT2D eigenvalue weighted by Gasteiger charge is 2.53. The first-order chi connectivity index (χ1) is 5.78. The van der Waals surface area contributed by atoms with Gasteiger partial charge in [0, 0.05) is 12.5 Å². The van der Waals surface area contributed by atoms with E-state index in [1.165, 1.54) is 0 Å². The van der Waals surface area contributed by atoms with Gasteiger partial charge in [0.25, 0.3) is 0 Å². The van der Waals surface area contributed by atoms with Crippen LogP contribution < -0.4 is 0 Å². The van der Waals surface area contributed by atoms with E-state index in [-0.39, 0.29) is 11.6 Å². The Kier molecular flexibility index (Phi) is 1.78. The van der Waals surface area contributed by atoms with Crippen molar-refractivity contribution in [3.63, 3.8) is 0 Å². The van der Waals surface area contributed by atoms with Gasteiger partial charge in [0.05, 0.1) is 11.6 Å². The van der Waals surface area contributed by atoms with Crippen molar-refractivity contribution in [3.05, 3.63) is 0 Å². The van der Waals surface area contributed by atoms with E-state index in [0.29, 0.717) is 5.92 Å². The van der Waals surface area contributed by atoms with Crippen LogP contribution in [0, 0.1) is 5.92 Å². The van der Waals surface area contributed by atoms with Gasteiger partial charge in [-0.05, 0) is 26.2 Å². The fourth-order valence-corrected chi connectivity index (χ4v) is 2.22. The molecule has 1 aliphatic heterocycles.